The van der Waals surface area contributed by atoms with Crippen molar-refractivity contribution in [2.45, 2.75) is 11.8 Å². The fourth-order valence-corrected chi connectivity index (χ4v) is 2.22. The summed E-state index contributed by atoms with van der Waals surface area (Å²) >= 11 is 7.62. The van der Waals surface area contributed by atoms with Gasteiger partial charge in [-0.2, -0.15) is 0 Å². The highest BCUT2D eigenvalue weighted by molar-refractivity contribution is 9.10. The van der Waals surface area contributed by atoms with Gasteiger partial charge in [-0.25, -0.2) is 0 Å². The van der Waals surface area contributed by atoms with Gasteiger partial charge in [-0.05, 0) is 42.8 Å². The number of nitrogens with one attached hydrogen (secondary N) is 1. The molecule has 0 atom stereocenters. The molecule has 0 aromatic heterocycles. The van der Waals surface area contributed by atoms with Crippen molar-refractivity contribution in [3.8, 4) is 0 Å². The van der Waals surface area contributed by atoms with Crippen LogP contribution in [0.5, 0.6) is 0 Å². The number of hydrogen-bond acceptors (Lipinski definition) is 2. The van der Waals surface area contributed by atoms with Gasteiger partial charge in [0.15, 0.2) is 0 Å². The van der Waals surface area contributed by atoms with Gasteiger partial charge < -0.3 is 5.32 Å². The highest BCUT2D eigenvalue weighted by atomic mass is 79.9. The van der Waals surface area contributed by atoms with Crippen LogP contribution in [0.4, 0.5) is 5.69 Å². The van der Waals surface area contributed by atoms with Crippen LogP contribution in [0.15, 0.2) is 51.8 Å². The van der Waals surface area contributed by atoms with Crippen LogP contribution < -0.4 is 5.32 Å². The van der Waals surface area contributed by atoms with Crippen LogP contribution in [0.3, 0.4) is 0 Å². The largest absolute Gasteiger partial charge is 0.322 e. The van der Waals surface area contributed by atoms with Crippen LogP contribution in [0, 0.1) is 6.92 Å². The van der Waals surface area contributed by atoms with E-state index in [1.165, 1.54) is 0 Å². The average molecular weight is 322 g/mol. The van der Waals surface area contributed by atoms with Gasteiger partial charge in [0, 0.05) is 20.6 Å². The second kappa shape index (κ2) is 5.59. The number of thiol groups is 1. The molecule has 0 heterocycles. The van der Waals surface area contributed by atoms with Gasteiger partial charge in [0.05, 0.1) is 0 Å². The summed E-state index contributed by atoms with van der Waals surface area (Å²) in [5.41, 5.74) is 2.33. The molecule has 0 spiro atoms. The fraction of sp³-hybridized carbons (Fsp3) is 0.0714. The SMILES string of the molecule is Cc1ccc(S)cc1C(=O)Nc1cccc(Br)c1. The maximum atomic E-state index is 12.1. The van der Waals surface area contributed by atoms with Crippen molar-refractivity contribution < 1.29 is 4.79 Å². The highest BCUT2D eigenvalue weighted by Gasteiger charge is 2.09. The Kier molecular flexibility index (Phi) is 4.09. The van der Waals surface area contributed by atoms with Gasteiger partial charge in [0.2, 0.25) is 0 Å². The van der Waals surface area contributed by atoms with Gasteiger partial charge in [-0.3, -0.25) is 4.79 Å². The number of amides is 1. The van der Waals surface area contributed by atoms with Crippen molar-refractivity contribution in [2.75, 3.05) is 5.32 Å². The quantitative estimate of drug-likeness (QED) is 0.793. The lowest BCUT2D eigenvalue weighted by Gasteiger charge is -2.08. The molecule has 0 bridgehead atoms. The number of carbonyl (C=O) groups is 1. The molecule has 0 radical (unpaired) electrons. The van der Waals surface area contributed by atoms with Crippen LogP contribution >= 0.6 is 28.6 Å². The molecule has 2 rings (SSSR count). The Morgan fingerprint density at radius 2 is 2.00 bits per heavy atom. The lowest BCUT2D eigenvalue weighted by atomic mass is 10.1. The summed E-state index contributed by atoms with van der Waals surface area (Å²) < 4.78 is 0.931. The van der Waals surface area contributed by atoms with Gasteiger partial charge in [0.1, 0.15) is 0 Å². The Labute approximate surface area is 120 Å². The second-order valence-electron chi connectivity index (χ2n) is 3.96. The summed E-state index contributed by atoms with van der Waals surface area (Å²) in [6.45, 7) is 1.91. The third-order valence-electron chi connectivity index (χ3n) is 2.55. The molecule has 0 aliphatic heterocycles. The van der Waals surface area contributed by atoms with E-state index in [-0.39, 0.29) is 5.91 Å². The molecule has 92 valence electrons. The zero-order chi connectivity index (χ0) is 13.1. The van der Waals surface area contributed by atoms with E-state index in [0.717, 1.165) is 20.6 Å². The number of anilines is 1. The zero-order valence-electron chi connectivity index (χ0n) is 9.77. The first-order chi connectivity index (χ1) is 8.56. The molecule has 4 heteroatoms. The first-order valence-corrected chi connectivity index (χ1v) is 6.67. The minimum absolute atomic E-state index is 0.124. The summed E-state index contributed by atoms with van der Waals surface area (Å²) in [6, 6.07) is 13.0. The Morgan fingerprint density at radius 1 is 1.22 bits per heavy atom. The van der Waals surface area contributed by atoms with Crippen LogP contribution in [-0.4, -0.2) is 5.91 Å². The standard InChI is InChI=1S/C14H12BrNOS/c1-9-5-6-12(18)8-13(9)14(17)16-11-4-2-3-10(15)7-11/h2-8,18H,1H3,(H,16,17). The Balaban J connectivity index is 2.24. The van der Waals surface area contributed by atoms with E-state index in [4.69, 9.17) is 0 Å². The molecule has 2 aromatic rings. The van der Waals surface area contributed by atoms with Gasteiger partial charge in [-0.15, -0.1) is 12.6 Å². The fourth-order valence-electron chi connectivity index (χ4n) is 1.62. The van der Waals surface area contributed by atoms with E-state index in [1.807, 2.05) is 43.3 Å². The van der Waals surface area contributed by atoms with Crippen molar-refractivity contribution >= 4 is 40.2 Å². The number of halogens is 1. The van der Waals surface area contributed by atoms with E-state index in [1.54, 1.807) is 6.07 Å². The number of hydrogen-bond donors (Lipinski definition) is 2. The smallest absolute Gasteiger partial charge is 0.255 e. The molecule has 1 N–H and O–H groups in total. The lowest BCUT2D eigenvalue weighted by Crippen LogP contribution is -2.13. The van der Waals surface area contributed by atoms with Crippen LogP contribution in [-0.2, 0) is 0 Å². The molecule has 2 nitrogen and oxygen atoms in total. The minimum atomic E-state index is -0.124. The molecular formula is C14H12BrNOS. The van der Waals surface area contributed by atoms with E-state index in [0.29, 0.717) is 5.56 Å². The molecule has 0 aliphatic rings. The third kappa shape index (κ3) is 3.15. The summed E-state index contributed by atoms with van der Waals surface area (Å²) in [4.78, 5) is 12.9. The van der Waals surface area contributed by atoms with Crippen molar-refractivity contribution in [3.63, 3.8) is 0 Å². The maximum absolute atomic E-state index is 12.1. The summed E-state index contributed by atoms with van der Waals surface area (Å²) in [7, 11) is 0. The number of benzene rings is 2. The van der Waals surface area contributed by atoms with Crippen molar-refractivity contribution in [1.29, 1.82) is 0 Å². The average Bonchev–Trinajstić information content (AvgIpc) is 2.32. The number of aryl methyl sites for hydroxylation is 1. The maximum Gasteiger partial charge on any atom is 0.255 e. The first-order valence-electron chi connectivity index (χ1n) is 5.43. The van der Waals surface area contributed by atoms with Crippen LogP contribution in [0.1, 0.15) is 15.9 Å². The Bertz CT molecular complexity index is 598. The number of carbonyl (C=O) groups excluding carboxylic acids is 1. The normalized spacial score (nSPS) is 10.2. The predicted molar refractivity (Wildman–Crippen MR) is 80.5 cm³/mol. The number of rotatable bonds is 2. The van der Waals surface area contributed by atoms with E-state index in [2.05, 4.69) is 33.9 Å². The lowest BCUT2D eigenvalue weighted by molar-refractivity contribution is 0.102. The zero-order valence-corrected chi connectivity index (χ0v) is 12.3. The van der Waals surface area contributed by atoms with Gasteiger partial charge in [-0.1, -0.05) is 28.1 Å². The van der Waals surface area contributed by atoms with Crippen molar-refractivity contribution in [1.82, 2.24) is 0 Å². The molecule has 0 saturated heterocycles. The highest BCUT2D eigenvalue weighted by Crippen LogP contribution is 2.19. The second-order valence-corrected chi connectivity index (χ2v) is 5.40. The van der Waals surface area contributed by atoms with E-state index >= 15 is 0 Å². The van der Waals surface area contributed by atoms with E-state index in [9.17, 15) is 4.79 Å². The molecule has 2 aromatic carbocycles. The molecule has 0 unspecified atom stereocenters. The summed E-state index contributed by atoms with van der Waals surface area (Å²) in [6.07, 6.45) is 0. The molecule has 0 fully saturated rings. The summed E-state index contributed by atoms with van der Waals surface area (Å²) in [5, 5.41) is 2.86. The molecular weight excluding hydrogens is 310 g/mol. The molecule has 18 heavy (non-hydrogen) atoms. The molecule has 0 saturated carbocycles. The monoisotopic (exact) mass is 321 g/mol. The molecule has 1 amide bonds. The minimum Gasteiger partial charge on any atom is -0.322 e. The van der Waals surface area contributed by atoms with Gasteiger partial charge in [0.25, 0.3) is 5.91 Å². The third-order valence-corrected chi connectivity index (χ3v) is 3.32. The van der Waals surface area contributed by atoms with E-state index < -0.39 is 0 Å². The van der Waals surface area contributed by atoms with Crippen molar-refractivity contribution in [3.05, 3.63) is 58.1 Å². The molecule has 0 aliphatic carbocycles. The summed E-state index contributed by atoms with van der Waals surface area (Å²) in [5.74, 6) is -0.124. The first kappa shape index (κ1) is 13.2. The van der Waals surface area contributed by atoms with Gasteiger partial charge >= 0.3 is 0 Å². The van der Waals surface area contributed by atoms with Crippen LogP contribution in [0.2, 0.25) is 0 Å². The Hall–Kier alpha value is -1.26. The van der Waals surface area contributed by atoms with Crippen LogP contribution in [0.25, 0.3) is 0 Å². The van der Waals surface area contributed by atoms with Crippen molar-refractivity contribution in [2.24, 2.45) is 0 Å². The Morgan fingerprint density at radius 3 is 2.72 bits per heavy atom. The predicted octanol–water partition coefficient (Wildman–Crippen LogP) is 4.30. The topological polar surface area (TPSA) is 29.1 Å².